The lowest BCUT2D eigenvalue weighted by Gasteiger charge is -2.20. The molecule has 2 aliphatic heterocycles. The molecule has 0 aliphatic carbocycles. The van der Waals surface area contributed by atoms with Crippen molar-refractivity contribution in [3.05, 3.63) is 120 Å². The Kier molecular flexibility index (Phi) is 46.5. The molecule has 8 bridgehead atoms. The fraction of sp³-hybridized carbons (Fsp3) is 0.574. The summed E-state index contributed by atoms with van der Waals surface area (Å²) in [5.74, 6) is 6.68. The number of unbranched alkanes of at least 4 members (excludes halogenated alkanes) is 30. The Balaban J connectivity index is 1.41. The Morgan fingerprint density at radius 1 is 0.244 bits per heavy atom. The molecule has 0 atom stereocenters. The molecule has 674 valence electrons. The monoisotopic (exact) mass is 1690 g/mol. The largest absolute Gasteiger partial charge is 0.494 e. The summed E-state index contributed by atoms with van der Waals surface area (Å²) in [6.07, 6.45) is 53.8. The maximum atomic E-state index is 7.10. The maximum absolute atomic E-state index is 7.10. The van der Waals surface area contributed by atoms with Gasteiger partial charge < -0.3 is 62.1 Å². The summed E-state index contributed by atoms with van der Waals surface area (Å²) < 4.78 is 75.7. The van der Waals surface area contributed by atoms with Crippen LogP contribution in [0.2, 0.25) is 0 Å². The van der Waals surface area contributed by atoms with E-state index in [1.54, 1.807) is 0 Å². The number of H-pyrrole nitrogens is 2. The van der Waals surface area contributed by atoms with Gasteiger partial charge in [-0.2, -0.15) is 0 Å². The predicted octanol–water partition coefficient (Wildman–Crippen LogP) is 31.5. The van der Waals surface area contributed by atoms with Crippen molar-refractivity contribution in [1.82, 2.24) is 19.9 Å². The zero-order valence-electron chi connectivity index (χ0n) is 77.5. The van der Waals surface area contributed by atoms with Crippen molar-refractivity contribution >= 4 is 46.4 Å². The molecule has 2 aliphatic rings. The van der Waals surface area contributed by atoms with Crippen molar-refractivity contribution in [1.29, 1.82) is 0 Å². The standard InChI is InChI=1S/C108H156N4O11/c1-11-21-31-43-68-115-96-77-84(78-97(116-69-44-32-22-12-2)106(96)121-74-49-37-27-17-7)103-90-59-57-88(109-90)102(83-53-55-87(56-54-83)114-67-52-41-40-42-66-113-65-30-20-10)89-58-60-91(110-89)104(85-79-98(117-70-45-33-23-13-3)107(122-75-50-38-28-18-8)99(80-85)118-71-46-34-24-14-4)93-62-64-95(112-93)105(94-63-61-92(103)111-94)86-81-100(119-72-47-35-25-15-5)108(123-76-51-39-29-19-9)101(82-86)120-73-48-36-26-16-6/h20,53-64,77-82,109,112H,10-19,21-52,65-76H2,1-9H3. The van der Waals surface area contributed by atoms with Crippen LogP contribution in [0.3, 0.4) is 0 Å². The van der Waals surface area contributed by atoms with Gasteiger partial charge in [0, 0.05) is 57.5 Å². The average molecular weight is 1690 g/mol. The van der Waals surface area contributed by atoms with Gasteiger partial charge in [-0.25, -0.2) is 9.97 Å². The fourth-order valence-electron chi connectivity index (χ4n) is 15.9. The lowest BCUT2D eigenvalue weighted by Crippen LogP contribution is -2.07. The third kappa shape index (κ3) is 32.3. The minimum atomic E-state index is 0.526. The highest BCUT2D eigenvalue weighted by Gasteiger charge is 2.27. The van der Waals surface area contributed by atoms with Crippen LogP contribution in [0.1, 0.15) is 348 Å². The number of aromatic nitrogens is 4. The van der Waals surface area contributed by atoms with E-state index < -0.39 is 0 Å². The summed E-state index contributed by atoms with van der Waals surface area (Å²) in [6, 6.07) is 30.4. The van der Waals surface area contributed by atoms with Crippen molar-refractivity contribution in [2.75, 3.05) is 79.3 Å². The van der Waals surface area contributed by atoms with Gasteiger partial charge in [0.25, 0.3) is 0 Å². The van der Waals surface area contributed by atoms with E-state index in [1.807, 2.05) is 6.08 Å². The molecule has 0 unspecified atom stereocenters. The van der Waals surface area contributed by atoms with E-state index in [0.717, 1.165) is 372 Å². The van der Waals surface area contributed by atoms with Gasteiger partial charge >= 0.3 is 0 Å². The Hall–Kier alpha value is -8.82. The summed E-state index contributed by atoms with van der Waals surface area (Å²) in [4.78, 5) is 20.2. The molecule has 0 amide bonds. The van der Waals surface area contributed by atoms with Crippen LogP contribution < -0.4 is 47.4 Å². The summed E-state index contributed by atoms with van der Waals surface area (Å²) >= 11 is 0. The molecule has 15 nitrogen and oxygen atoms in total. The first-order chi connectivity index (χ1) is 60.7. The second-order valence-corrected chi connectivity index (χ2v) is 33.6. The van der Waals surface area contributed by atoms with Crippen LogP contribution in [0.5, 0.6) is 57.5 Å². The van der Waals surface area contributed by atoms with Crippen LogP contribution >= 0.6 is 0 Å². The van der Waals surface area contributed by atoms with Gasteiger partial charge in [-0.1, -0.05) is 260 Å². The summed E-state index contributed by atoms with van der Waals surface area (Å²) in [5, 5.41) is 0. The quantitative estimate of drug-likeness (QED) is 0.0274. The van der Waals surface area contributed by atoms with Crippen molar-refractivity contribution in [3.63, 3.8) is 0 Å². The van der Waals surface area contributed by atoms with E-state index in [9.17, 15) is 0 Å². The van der Waals surface area contributed by atoms with E-state index in [0.29, 0.717) is 118 Å². The molecule has 9 rings (SSSR count). The van der Waals surface area contributed by atoms with Gasteiger partial charge in [-0.3, -0.25) is 0 Å². The first-order valence-electron chi connectivity index (χ1n) is 49.0. The molecule has 5 heterocycles. The third-order valence-corrected chi connectivity index (χ3v) is 23.0. The number of benzene rings is 4. The number of nitrogens with zero attached hydrogens (tertiary/aromatic N) is 2. The predicted molar refractivity (Wildman–Crippen MR) is 517 cm³/mol. The van der Waals surface area contributed by atoms with E-state index >= 15 is 0 Å². The molecule has 4 aromatic carbocycles. The summed E-state index contributed by atoms with van der Waals surface area (Å²) in [5.41, 5.74) is 13.5. The lowest BCUT2D eigenvalue weighted by atomic mass is 10.0. The number of hydrogen-bond donors (Lipinski definition) is 2. The van der Waals surface area contributed by atoms with Gasteiger partial charge in [-0.15, -0.1) is 6.58 Å². The Morgan fingerprint density at radius 2 is 0.472 bits per heavy atom. The third-order valence-electron chi connectivity index (χ3n) is 23.0. The van der Waals surface area contributed by atoms with Crippen LogP contribution in [-0.2, 0) is 4.74 Å². The molecule has 2 N–H and O–H groups in total. The van der Waals surface area contributed by atoms with Gasteiger partial charge in [0.2, 0.25) is 17.2 Å². The van der Waals surface area contributed by atoms with Crippen LogP contribution in [0.25, 0.3) is 90.9 Å². The Labute approximate surface area is 741 Å². The molecule has 7 aromatic rings. The minimum Gasteiger partial charge on any atom is -0.494 e. The van der Waals surface area contributed by atoms with Crippen molar-refractivity contribution in [2.45, 2.75) is 326 Å². The highest BCUT2D eigenvalue weighted by atomic mass is 16.6. The molecule has 0 fully saturated rings. The van der Waals surface area contributed by atoms with Gasteiger partial charge in [0.1, 0.15) is 5.75 Å². The molecule has 15 heteroatoms. The van der Waals surface area contributed by atoms with E-state index in [4.69, 9.17) is 62.1 Å². The van der Waals surface area contributed by atoms with Crippen LogP contribution in [0.4, 0.5) is 0 Å². The zero-order valence-corrected chi connectivity index (χ0v) is 77.5. The zero-order chi connectivity index (χ0) is 86.5. The van der Waals surface area contributed by atoms with Crippen molar-refractivity contribution in [3.8, 4) is 102 Å². The number of ether oxygens (including phenoxy) is 11. The number of hydrogen-bond acceptors (Lipinski definition) is 13. The smallest absolute Gasteiger partial charge is 0.203 e. The minimum absolute atomic E-state index is 0.526. The highest BCUT2D eigenvalue weighted by Crippen LogP contribution is 2.50. The van der Waals surface area contributed by atoms with E-state index in [2.05, 4.69) is 188 Å². The summed E-state index contributed by atoms with van der Waals surface area (Å²) in [7, 11) is 0. The normalized spacial score (nSPS) is 11.7. The number of rotatable bonds is 69. The second-order valence-electron chi connectivity index (χ2n) is 33.6. The molecule has 0 saturated heterocycles. The van der Waals surface area contributed by atoms with E-state index in [-0.39, 0.29) is 0 Å². The number of fused-ring (bicyclic) bond motifs is 8. The molecular weight excluding hydrogens is 1530 g/mol. The van der Waals surface area contributed by atoms with Gasteiger partial charge in [0.05, 0.1) is 88.8 Å². The lowest BCUT2D eigenvalue weighted by molar-refractivity contribution is 0.134. The van der Waals surface area contributed by atoms with Gasteiger partial charge in [0.15, 0.2) is 34.5 Å². The first-order valence-corrected chi connectivity index (χ1v) is 49.0. The molecule has 3 aromatic heterocycles. The summed E-state index contributed by atoms with van der Waals surface area (Å²) in [6.45, 7) is 31.0. The molecule has 0 spiro atoms. The van der Waals surface area contributed by atoms with E-state index in [1.165, 1.54) is 0 Å². The molecule has 0 radical (unpaired) electrons. The Bertz CT molecular complexity index is 4200. The van der Waals surface area contributed by atoms with Crippen LogP contribution in [-0.4, -0.2) is 99.2 Å². The molecular formula is C108H156N4O11. The van der Waals surface area contributed by atoms with Gasteiger partial charge in [-0.05, 0) is 203 Å². The Morgan fingerprint density at radius 3 is 0.724 bits per heavy atom. The second kappa shape index (κ2) is 58.4. The van der Waals surface area contributed by atoms with Crippen LogP contribution in [0, 0.1) is 0 Å². The first kappa shape index (κ1) is 98.0. The fourth-order valence-corrected chi connectivity index (χ4v) is 15.9. The van der Waals surface area contributed by atoms with Crippen LogP contribution in [0.15, 0.2) is 97.6 Å². The highest BCUT2D eigenvalue weighted by molar-refractivity contribution is 6.01. The maximum Gasteiger partial charge on any atom is 0.203 e. The van der Waals surface area contributed by atoms with Crippen molar-refractivity contribution in [2.24, 2.45) is 0 Å². The average Bonchev–Trinajstić information content (AvgIpc) is 1.57. The number of nitrogens with one attached hydrogen (secondary N) is 2. The van der Waals surface area contributed by atoms with Crippen molar-refractivity contribution < 1.29 is 52.1 Å². The number of aromatic amines is 2. The molecule has 0 saturated carbocycles. The topological polar surface area (TPSA) is 159 Å². The molecule has 123 heavy (non-hydrogen) atoms. The SMILES string of the molecule is C=CCCOCCCCCCOc1ccc(-c2c3nc(c(-c4cc(OCCCCCC)c(OCCCCCC)c(OCCCCCC)c4)c4ccc([nH]4)c(-c4cc(OCCCCCC)c(OCCCCCC)c(OCCCCCC)c4)c4nc(c(-c5cc(OCCCCCC)c(OCCCCCC)c(OCCCCCC)c5)c5ccc2[nH]5)C=C4)C=C3)cc1.